The van der Waals surface area contributed by atoms with E-state index in [-0.39, 0.29) is 0 Å². The van der Waals surface area contributed by atoms with Gasteiger partial charge in [-0.1, -0.05) is 72.8 Å². The molecule has 4 nitrogen and oxygen atoms in total. The van der Waals surface area contributed by atoms with Crippen molar-refractivity contribution in [3.63, 3.8) is 0 Å². The van der Waals surface area contributed by atoms with Crippen LogP contribution in [0, 0.1) is 11.3 Å². The summed E-state index contributed by atoms with van der Waals surface area (Å²) in [7, 11) is 0. The standard InChI is InChI=1S/C37H20N2O2/c38-21-23-8-7-12-24(22-16-18-33-29(20-22)26-10-2-5-14-31(26)40-33)36(23)39-30-13-4-1-9-25(30)27-17-19-34-35(37(27)39)28-11-3-6-15-32(28)41-34/h1-20H. The van der Waals surface area contributed by atoms with Gasteiger partial charge in [-0.05, 0) is 54.1 Å². The molecule has 4 heteroatoms. The molecule has 6 aromatic carbocycles. The summed E-state index contributed by atoms with van der Waals surface area (Å²) in [5.74, 6) is 0. The summed E-state index contributed by atoms with van der Waals surface area (Å²) in [6.45, 7) is 0. The van der Waals surface area contributed by atoms with Crippen LogP contribution in [0.3, 0.4) is 0 Å². The number of nitriles is 1. The average Bonchev–Trinajstić information content (AvgIpc) is 3.69. The first-order chi connectivity index (χ1) is 20.3. The number of fused-ring (bicyclic) bond motifs is 10. The van der Waals surface area contributed by atoms with Crippen molar-refractivity contribution in [1.29, 1.82) is 5.26 Å². The second-order valence-electron chi connectivity index (χ2n) is 10.4. The molecule has 0 N–H and O–H groups in total. The molecule has 0 aliphatic rings. The summed E-state index contributed by atoms with van der Waals surface area (Å²) >= 11 is 0. The van der Waals surface area contributed by atoms with Crippen molar-refractivity contribution in [2.45, 2.75) is 0 Å². The predicted octanol–water partition coefficient (Wildman–Crippen LogP) is 10.1. The minimum Gasteiger partial charge on any atom is -0.456 e. The normalized spacial score (nSPS) is 11.9. The van der Waals surface area contributed by atoms with Gasteiger partial charge in [-0.3, -0.25) is 0 Å². The molecule has 3 aromatic heterocycles. The van der Waals surface area contributed by atoms with E-state index in [4.69, 9.17) is 8.83 Å². The number of furan rings is 2. The minimum absolute atomic E-state index is 0.604. The van der Waals surface area contributed by atoms with Crippen LogP contribution in [-0.2, 0) is 0 Å². The van der Waals surface area contributed by atoms with Crippen molar-refractivity contribution in [3.8, 4) is 22.9 Å². The van der Waals surface area contributed by atoms with Gasteiger partial charge < -0.3 is 13.4 Å². The molecule has 190 valence electrons. The lowest BCUT2D eigenvalue weighted by Gasteiger charge is -2.16. The van der Waals surface area contributed by atoms with Gasteiger partial charge in [-0.2, -0.15) is 5.26 Å². The Balaban J connectivity index is 1.46. The molecule has 0 atom stereocenters. The van der Waals surface area contributed by atoms with Crippen LogP contribution in [0.5, 0.6) is 0 Å². The van der Waals surface area contributed by atoms with Crippen LogP contribution in [0.2, 0.25) is 0 Å². The van der Waals surface area contributed by atoms with E-state index in [1.54, 1.807) is 0 Å². The zero-order valence-corrected chi connectivity index (χ0v) is 21.8. The second-order valence-corrected chi connectivity index (χ2v) is 10.4. The molecule has 0 unspecified atom stereocenters. The van der Waals surface area contributed by atoms with E-state index in [2.05, 4.69) is 77.4 Å². The molecule has 41 heavy (non-hydrogen) atoms. The summed E-state index contributed by atoms with van der Waals surface area (Å²) in [6.07, 6.45) is 0. The van der Waals surface area contributed by atoms with Gasteiger partial charge in [0.15, 0.2) is 0 Å². The van der Waals surface area contributed by atoms with Crippen LogP contribution in [0.4, 0.5) is 0 Å². The minimum atomic E-state index is 0.604. The molecule has 0 aliphatic carbocycles. The number of benzene rings is 6. The fraction of sp³-hybridized carbons (Fsp3) is 0. The van der Waals surface area contributed by atoms with Crippen molar-refractivity contribution >= 4 is 65.7 Å². The van der Waals surface area contributed by atoms with Crippen LogP contribution >= 0.6 is 0 Å². The number of aromatic nitrogens is 1. The van der Waals surface area contributed by atoms with E-state index in [1.807, 2.05) is 54.6 Å². The Morgan fingerprint density at radius 1 is 0.537 bits per heavy atom. The maximum atomic E-state index is 10.5. The Bertz CT molecular complexity index is 2550. The van der Waals surface area contributed by atoms with E-state index in [9.17, 15) is 5.26 Å². The fourth-order valence-electron chi connectivity index (χ4n) is 6.50. The SMILES string of the molecule is N#Cc1cccc(-c2ccc3oc4ccccc4c3c2)c1-n1c2ccccc2c2ccc3oc4ccccc4c3c21. The van der Waals surface area contributed by atoms with Gasteiger partial charge in [-0.25, -0.2) is 0 Å². The second kappa shape index (κ2) is 8.11. The monoisotopic (exact) mass is 524 g/mol. The Kier molecular flexibility index (Phi) is 4.37. The molecule has 0 saturated heterocycles. The highest BCUT2D eigenvalue weighted by Gasteiger charge is 2.23. The first-order valence-corrected chi connectivity index (χ1v) is 13.6. The summed E-state index contributed by atoms with van der Waals surface area (Å²) < 4.78 is 14.7. The van der Waals surface area contributed by atoms with Crippen molar-refractivity contribution < 1.29 is 8.83 Å². The number of para-hydroxylation sites is 4. The molecular weight excluding hydrogens is 504 g/mol. The molecule has 0 bridgehead atoms. The molecule has 0 saturated carbocycles. The third-order valence-corrected chi connectivity index (χ3v) is 8.24. The largest absolute Gasteiger partial charge is 0.456 e. The van der Waals surface area contributed by atoms with E-state index in [0.29, 0.717) is 5.56 Å². The van der Waals surface area contributed by atoms with Crippen molar-refractivity contribution in [2.24, 2.45) is 0 Å². The van der Waals surface area contributed by atoms with Crippen LogP contribution in [0.15, 0.2) is 130 Å². The van der Waals surface area contributed by atoms with Gasteiger partial charge in [0.25, 0.3) is 0 Å². The molecule has 0 amide bonds. The van der Waals surface area contributed by atoms with Gasteiger partial charge in [-0.15, -0.1) is 0 Å². The maximum Gasteiger partial charge on any atom is 0.137 e. The van der Waals surface area contributed by atoms with Gasteiger partial charge in [0.05, 0.1) is 27.7 Å². The smallest absolute Gasteiger partial charge is 0.137 e. The van der Waals surface area contributed by atoms with Gasteiger partial charge in [0.1, 0.15) is 28.4 Å². The van der Waals surface area contributed by atoms with Gasteiger partial charge >= 0.3 is 0 Å². The van der Waals surface area contributed by atoms with E-state index in [1.165, 1.54) is 0 Å². The van der Waals surface area contributed by atoms with Crippen LogP contribution in [-0.4, -0.2) is 4.57 Å². The molecular formula is C37H20N2O2. The average molecular weight is 525 g/mol. The van der Waals surface area contributed by atoms with Crippen molar-refractivity contribution in [1.82, 2.24) is 4.57 Å². The molecule has 0 fully saturated rings. The Morgan fingerprint density at radius 2 is 1.22 bits per heavy atom. The number of rotatable bonds is 2. The Labute approximate surface area is 233 Å². The van der Waals surface area contributed by atoms with Crippen LogP contribution < -0.4 is 0 Å². The number of nitrogens with zero attached hydrogens (tertiary/aromatic N) is 2. The molecule has 0 radical (unpaired) electrons. The molecule has 9 aromatic rings. The Hall–Kier alpha value is -5.79. The zero-order chi connectivity index (χ0) is 27.1. The fourth-order valence-corrected chi connectivity index (χ4v) is 6.50. The van der Waals surface area contributed by atoms with Crippen molar-refractivity contribution in [3.05, 3.63) is 127 Å². The molecule has 9 rings (SSSR count). The first-order valence-electron chi connectivity index (χ1n) is 13.6. The third kappa shape index (κ3) is 2.98. The highest BCUT2D eigenvalue weighted by Crippen LogP contribution is 2.43. The molecule has 0 aliphatic heterocycles. The molecule has 0 spiro atoms. The number of hydrogen-bond donors (Lipinski definition) is 0. The third-order valence-electron chi connectivity index (χ3n) is 8.24. The summed E-state index contributed by atoms with van der Waals surface area (Å²) in [6, 6.07) is 43.6. The van der Waals surface area contributed by atoms with Crippen LogP contribution in [0.25, 0.3) is 82.5 Å². The maximum absolute atomic E-state index is 10.5. The van der Waals surface area contributed by atoms with Gasteiger partial charge in [0, 0.05) is 32.5 Å². The molecule has 3 heterocycles. The lowest BCUT2D eigenvalue weighted by atomic mass is 9.98. The van der Waals surface area contributed by atoms with Gasteiger partial charge in [0.2, 0.25) is 0 Å². The quantitative estimate of drug-likeness (QED) is 0.226. The lowest BCUT2D eigenvalue weighted by molar-refractivity contribution is 0.668. The summed E-state index contributed by atoms with van der Waals surface area (Å²) in [5, 5.41) is 16.9. The highest BCUT2D eigenvalue weighted by molar-refractivity contribution is 6.24. The lowest BCUT2D eigenvalue weighted by Crippen LogP contribution is -2.01. The highest BCUT2D eigenvalue weighted by atomic mass is 16.3. The topological polar surface area (TPSA) is 55.0 Å². The van der Waals surface area contributed by atoms with Crippen molar-refractivity contribution in [2.75, 3.05) is 0 Å². The summed E-state index contributed by atoms with van der Waals surface area (Å²) in [4.78, 5) is 0. The summed E-state index contributed by atoms with van der Waals surface area (Å²) in [5.41, 5.74) is 8.90. The number of hydrogen-bond acceptors (Lipinski definition) is 3. The Morgan fingerprint density at radius 3 is 2.07 bits per heavy atom. The van der Waals surface area contributed by atoms with E-state index >= 15 is 0 Å². The zero-order valence-electron chi connectivity index (χ0n) is 21.8. The predicted molar refractivity (Wildman–Crippen MR) is 165 cm³/mol. The first kappa shape index (κ1) is 22.1. The van der Waals surface area contributed by atoms with E-state index < -0.39 is 0 Å². The van der Waals surface area contributed by atoms with Crippen LogP contribution in [0.1, 0.15) is 5.56 Å². The van der Waals surface area contributed by atoms with E-state index in [0.717, 1.165) is 82.5 Å².